The van der Waals surface area contributed by atoms with Gasteiger partial charge in [0.15, 0.2) is 0 Å². The molecule has 30 heavy (non-hydrogen) atoms. The highest BCUT2D eigenvalue weighted by Gasteiger charge is 2.18. The van der Waals surface area contributed by atoms with Gasteiger partial charge in [-0.3, -0.25) is 4.79 Å². The Kier molecular flexibility index (Phi) is 5.51. The smallest absolute Gasteiger partial charge is 0.349 e. The van der Waals surface area contributed by atoms with Crippen LogP contribution < -0.4 is 11.1 Å². The Balaban J connectivity index is 1.89. The van der Waals surface area contributed by atoms with Gasteiger partial charge in [0.1, 0.15) is 40.0 Å². The molecule has 0 atom stereocenters. The summed E-state index contributed by atoms with van der Waals surface area (Å²) in [6.45, 7) is 1.37. The minimum absolute atomic E-state index is 0.0123. The van der Waals surface area contributed by atoms with Gasteiger partial charge in [-0.2, -0.15) is 10.4 Å². The van der Waals surface area contributed by atoms with E-state index in [0.29, 0.717) is 5.56 Å². The molecular weight excluding hydrogens is 390 g/mol. The average Bonchev–Trinajstić information content (AvgIpc) is 2.71. The molecule has 0 unspecified atom stereocenters. The maximum absolute atomic E-state index is 12.3. The first kappa shape index (κ1) is 20.2. The largest absolute Gasteiger partial charge is 0.508 e. The molecular formula is C21H15N3O6. The molecule has 9 heteroatoms. The monoisotopic (exact) mass is 405 g/mol. The fraction of sp³-hybridized carbons (Fsp3) is 0.0476. The SMILES string of the molecule is C/C(=N\NC(=O)/C(C#N)=C/c1ccc(O)cc1)c1c(O)c2ccc(O)cc2oc1=O. The van der Waals surface area contributed by atoms with E-state index in [9.17, 15) is 30.2 Å². The second-order valence-corrected chi connectivity index (χ2v) is 6.19. The van der Waals surface area contributed by atoms with Crippen LogP contribution in [0.4, 0.5) is 0 Å². The lowest BCUT2D eigenvalue weighted by Crippen LogP contribution is -2.22. The summed E-state index contributed by atoms with van der Waals surface area (Å²) < 4.78 is 5.09. The van der Waals surface area contributed by atoms with Gasteiger partial charge >= 0.3 is 5.63 Å². The first-order valence-corrected chi connectivity index (χ1v) is 8.54. The topological polar surface area (TPSA) is 156 Å². The first-order chi connectivity index (χ1) is 14.3. The van der Waals surface area contributed by atoms with Crippen molar-refractivity contribution in [3.63, 3.8) is 0 Å². The van der Waals surface area contributed by atoms with Crippen molar-refractivity contribution in [2.75, 3.05) is 0 Å². The summed E-state index contributed by atoms with van der Waals surface area (Å²) in [4.78, 5) is 24.5. The van der Waals surface area contributed by atoms with Crippen molar-refractivity contribution in [2.45, 2.75) is 6.92 Å². The van der Waals surface area contributed by atoms with Gasteiger partial charge in [0.2, 0.25) is 0 Å². The predicted molar refractivity (Wildman–Crippen MR) is 108 cm³/mol. The molecule has 2 aromatic carbocycles. The number of nitrogens with zero attached hydrogens (tertiary/aromatic N) is 2. The van der Waals surface area contributed by atoms with Crippen LogP contribution in [-0.4, -0.2) is 26.9 Å². The van der Waals surface area contributed by atoms with Gasteiger partial charge in [-0.15, -0.1) is 0 Å². The van der Waals surface area contributed by atoms with Gasteiger partial charge in [-0.25, -0.2) is 10.2 Å². The van der Waals surface area contributed by atoms with Crippen molar-refractivity contribution in [3.05, 3.63) is 69.6 Å². The fourth-order valence-electron chi connectivity index (χ4n) is 2.63. The molecule has 0 aliphatic rings. The Morgan fingerprint density at radius 2 is 1.80 bits per heavy atom. The highest BCUT2D eigenvalue weighted by atomic mass is 16.4. The van der Waals surface area contributed by atoms with E-state index in [4.69, 9.17) is 4.42 Å². The van der Waals surface area contributed by atoms with Crippen molar-refractivity contribution in [3.8, 4) is 23.3 Å². The molecule has 0 spiro atoms. The van der Waals surface area contributed by atoms with Crippen LogP contribution in [0.15, 0.2) is 62.4 Å². The Labute approximate surface area is 169 Å². The lowest BCUT2D eigenvalue weighted by Gasteiger charge is -2.07. The van der Waals surface area contributed by atoms with Gasteiger partial charge in [-0.1, -0.05) is 12.1 Å². The number of nitrogens with one attached hydrogen (secondary N) is 1. The number of rotatable bonds is 4. The maximum Gasteiger partial charge on any atom is 0.349 e. The highest BCUT2D eigenvalue weighted by molar-refractivity contribution is 6.06. The zero-order valence-corrected chi connectivity index (χ0v) is 15.6. The molecule has 0 fully saturated rings. The molecule has 0 aliphatic carbocycles. The summed E-state index contributed by atoms with van der Waals surface area (Å²) >= 11 is 0. The molecule has 1 heterocycles. The van der Waals surface area contributed by atoms with Crippen LogP contribution in [0.1, 0.15) is 18.1 Å². The molecule has 0 saturated carbocycles. The standard InChI is InChI=1S/C21H15N3O6/c1-11(18-19(27)16-7-6-15(26)9-17(16)30-21(18)29)23-24-20(28)13(10-22)8-12-2-4-14(25)5-3-12/h2-9,25-27H,1H3,(H,24,28)/b13-8+,23-11+. The first-order valence-electron chi connectivity index (χ1n) is 8.54. The van der Waals surface area contributed by atoms with Crippen molar-refractivity contribution >= 4 is 28.7 Å². The van der Waals surface area contributed by atoms with E-state index in [0.717, 1.165) is 0 Å². The Hall–Kier alpha value is -4.58. The summed E-state index contributed by atoms with van der Waals surface area (Å²) in [5.41, 5.74) is 1.15. The summed E-state index contributed by atoms with van der Waals surface area (Å²) in [5.74, 6) is -1.35. The van der Waals surface area contributed by atoms with E-state index in [1.165, 1.54) is 55.5 Å². The molecule has 1 aromatic heterocycles. The number of carbonyl (C=O) groups excluding carboxylic acids is 1. The predicted octanol–water partition coefficient (Wildman–Crippen LogP) is 2.36. The highest BCUT2D eigenvalue weighted by Crippen LogP contribution is 2.29. The molecule has 3 rings (SSSR count). The van der Waals surface area contributed by atoms with E-state index >= 15 is 0 Å². The van der Waals surface area contributed by atoms with Gasteiger partial charge in [0.25, 0.3) is 5.91 Å². The van der Waals surface area contributed by atoms with Crippen molar-refractivity contribution < 1.29 is 24.5 Å². The number of amides is 1. The van der Waals surface area contributed by atoms with Crippen molar-refractivity contribution in [2.24, 2.45) is 5.10 Å². The van der Waals surface area contributed by atoms with E-state index in [2.05, 4.69) is 10.5 Å². The molecule has 150 valence electrons. The Morgan fingerprint density at radius 1 is 1.13 bits per heavy atom. The number of aromatic hydroxyl groups is 3. The lowest BCUT2D eigenvalue weighted by molar-refractivity contribution is -0.117. The minimum atomic E-state index is -0.916. The molecule has 0 saturated heterocycles. The molecule has 1 amide bonds. The third kappa shape index (κ3) is 4.13. The number of benzene rings is 2. The van der Waals surface area contributed by atoms with Crippen LogP contribution >= 0.6 is 0 Å². The van der Waals surface area contributed by atoms with E-state index in [-0.39, 0.29) is 39.3 Å². The van der Waals surface area contributed by atoms with Crippen LogP contribution in [-0.2, 0) is 4.79 Å². The van der Waals surface area contributed by atoms with Gasteiger partial charge < -0.3 is 19.7 Å². The summed E-state index contributed by atoms with van der Waals surface area (Å²) in [6, 6.07) is 11.5. The van der Waals surface area contributed by atoms with Gasteiger partial charge in [0.05, 0.1) is 11.1 Å². The number of carbonyl (C=O) groups is 1. The summed E-state index contributed by atoms with van der Waals surface area (Å²) in [6.07, 6.45) is 1.30. The molecule has 0 bridgehead atoms. The Bertz CT molecular complexity index is 1300. The normalized spacial score (nSPS) is 11.9. The maximum atomic E-state index is 12.3. The van der Waals surface area contributed by atoms with Crippen molar-refractivity contribution in [1.29, 1.82) is 5.26 Å². The van der Waals surface area contributed by atoms with Crippen LogP contribution in [0.2, 0.25) is 0 Å². The van der Waals surface area contributed by atoms with Crippen LogP contribution in [0.3, 0.4) is 0 Å². The van der Waals surface area contributed by atoms with Crippen molar-refractivity contribution in [1.82, 2.24) is 5.43 Å². The average molecular weight is 405 g/mol. The number of hydrazone groups is 1. The summed E-state index contributed by atoms with van der Waals surface area (Å²) in [7, 11) is 0. The van der Waals surface area contributed by atoms with Crippen LogP contribution in [0.5, 0.6) is 17.2 Å². The van der Waals surface area contributed by atoms with E-state index in [1.54, 1.807) is 6.07 Å². The quantitative estimate of drug-likeness (QED) is 0.171. The second kappa shape index (κ2) is 8.20. The Morgan fingerprint density at radius 3 is 2.47 bits per heavy atom. The number of hydrogen-bond acceptors (Lipinski definition) is 8. The molecule has 9 nitrogen and oxygen atoms in total. The number of fused-ring (bicyclic) bond motifs is 1. The second-order valence-electron chi connectivity index (χ2n) is 6.19. The summed E-state index contributed by atoms with van der Waals surface area (Å²) in [5, 5.41) is 42.3. The number of nitriles is 1. The van der Waals surface area contributed by atoms with E-state index < -0.39 is 17.3 Å². The van der Waals surface area contributed by atoms with E-state index in [1.807, 2.05) is 0 Å². The zero-order valence-electron chi connectivity index (χ0n) is 15.6. The molecule has 0 radical (unpaired) electrons. The molecule has 0 aliphatic heterocycles. The molecule has 3 aromatic rings. The van der Waals surface area contributed by atoms with Crippen LogP contribution in [0.25, 0.3) is 17.0 Å². The van der Waals surface area contributed by atoms with Gasteiger partial charge in [0, 0.05) is 6.07 Å². The van der Waals surface area contributed by atoms with Gasteiger partial charge in [-0.05, 0) is 42.8 Å². The zero-order chi connectivity index (χ0) is 21.8. The number of hydrogen-bond donors (Lipinski definition) is 4. The fourth-order valence-corrected chi connectivity index (χ4v) is 2.63. The third-order valence-electron chi connectivity index (χ3n) is 4.12. The third-order valence-corrected chi connectivity index (χ3v) is 4.12. The minimum Gasteiger partial charge on any atom is -0.508 e. The lowest BCUT2D eigenvalue weighted by atomic mass is 10.1. The van der Waals surface area contributed by atoms with Crippen LogP contribution in [0, 0.1) is 11.3 Å². The number of phenolic OH excluding ortho intramolecular Hbond substituents is 2. The molecule has 4 N–H and O–H groups in total. The number of phenols is 2.